The number of aliphatic hydroxyl groups excluding tert-OH is 1. The Kier molecular flexibility index (Phi) is 9.72. The van der Waals surface area contributed by atoms with Crippen molar-refractivity contribution in [3.8, 4) is 0 Å². The first-order valence-electron chi connectivity index (χ1n) is 12.1. The number of amides is 1. The van der Waals surface area contributed by atoms with Crippen LogP contribution in [0.4, 0.5) is 0 Å². The number of unbranched alkanes of at least 4 members (excludes halogenated alkanes) is 1. The molecule has 0 radical (unpaired) electrons. The third-order valence-corrected chi connectivity index (χ3v) is 8.13. The second-order valence-corrected chi connectivity index (χ2v) is 12.0. The molecule has 0 aliphatic heterocycles. The average molecular weight is 452 g/mol. The number of rotatable bonds is 11. The van der Waals surface area contributed by atoms with Crippen LogP contribution < -0.4 is 0 Å². The molecule has 0 spiro atoms. The number of nitrogens with zero attached hydrogens (tertiary/aromatic N) is 1. The molecule has 2 rings (SSSR count). The van der Waals surface area contributed by atoms with Crippen LogP contribution in [-0.4, -0.2) is 56.8 Å². The van der Waals surface area contributed by atoms with E-state index in [1.54, 1.807) is 0 Å². The number of fused-ring (bicyclic) bond motifs is 1. The quantitative estimate of drug-likeness (QED) is 0.335. The van der Waals surface area contributed by atoms with Crippen molar-refractivity contribution in [3.05, 3.63) is 23.8 Å². The molecule has 178 valence electrons. The predicted octanol–water partition coefficient (Wildman–Crippen LogP) is 5.20. The lowest BCUT2D eigenvalue weighted by Crippen LogP contribution is -2.42. The molecule has 31 heavy (non-hydrogen) atoms. The smallest absolute Gasteiger partial charge is 0.223 e. The fraction of sp³-hybridized carbons (Fsp3) is 0.808. The third-order valence-electron chi connectivity index (χ3n) is 7.06. The van der Waals surface area contributed by atoms with Crippen molar-refractivity contribution in [3.63, 3.8) is 0 Å². The number of thioether (sulfide) groups is 1. The number of hydrogen-bond donors (Lipinski definition) is 2. The van der Waals surface area contributed by atoms with Gasteiger partial charge in [0, 0.05) is 36.4 Å². The van der Waals surface area contributed by atoms with Crippen LogP contribution in [0.25, 0.3) is 0 Å². The fourth-order valence-electron chi connectivity index (χ4n) is 4.76. The summed E-state index contributed by atoms with van der Waals surface area (Å²) < 4.78 is 0. The summed E-state index contributed by atoms with van der Waals surface area (Å²) >= 11 is 1.85. The Labute approximate surface area is 194 Å². The van der Waals surface area contributed by atoms with Crippen molar-refractivity contribution >= 4 is 17.7 Å². The molecule has 0 unspecified atom stereocenters. The zero-order chi connectivity index (χ0) is 23.2. The van der Waals surface area contributed by atoms with E-state index in [1.165, 1.54) is 5.57 Å². The van der Waals surface area contributed by atoms with E-state index in [0.717, 1.165) is 43.6 Å². The molecule has 1 fully saturated rings. The minimum Gasteiger partial charge on any atom is -0.392 e. The average Bonchev–Trinajstić information content (AvgIpc) is 3.19. The van der Waals surface area contributed by atoms with Gasteiger partial charge in [0.1, 0.15) is 0 Å². The lowest BCUT2D eigenvalue weighted by Gasteiger charge is -2.32. The zero-order valence-corrected chi connectivity index (χ0v) is 21.4. The van der Waals surface area contributed by atoms with Crippen LogP contribution in [0.3, 0.4) is 0 Å². The van der Waals surface area contributed by atoms with Crippen LogP contribution in [0.15, 0.2) is 23.8 Å². The normalized spacial score (nSPS) is 27.9. The van der Waals surface area contributed by atoms with Gasteiger partial charge in [0.05, 0.1) is 11.7 Å². The first kappa shape index (κ1) is 26.5. The van der Waals surface area contributed by atoms with Gasteiger partial charge in [-0.2, -0.15) is 11.8 Å². The Bertz CT molecular complexity index is 650. The molecule has 0 bridgehead atoms. The van der Waals surface area contributed by atoms with E-state index in [1.807, 2.05) is 30.6 Å². The van der Waals surface area contributed by atoms with E-state index >= 15 is 0 Å². The van der Waals surface area contributed by atoms with Crippen LogP contribution in [0.1, 0.15) is 79.6 Å². The second kappa shape index (κ2) is 11.4. The van der Waals surface area contributed by atoms with E-state index in [9.17, 15) is 15.0 Å². The Balaban J connectivity index is 1.77. The molecule has 0 aromatic heterocycles. The molecule has 2 aliphatic carbocycles. The molecule has 0 saturated heterocycles. The SMILES string of the molecule is CCCC[C@](C)(O)C/C=C/[C@@H]1[C@H]2CC(CSCCC(=O)N(C)C(C)(C)C)=C[C@H]2C[C@H]1O. The molecule has 5 heteroatoms. The van der Waals surface area contributed by atoms with Crippen LogP contribution in [0.5, 0.6) is 0 Å². The third kappa shape index (κ3) is 7.94. The number of allylic oxidation sites excluding steroid dienone is 1. The Morgan fingerprint density at radius 3 is 2.68 bits per heavy atom. The number of carbonyl (C=O) groups excluding carboxylic acids is 1. The number of aliphatic hydroxyl groups is 2. The van der Waals surface area contributed by atoms with Crippen LogP contribution >= 0.6 is 11.8 Å². The maximum Gasteiger partial charge on any atom is 0.223 e. The minimum atomic E-state index is -0.649. The minimum absolute atomic E-state index is 0.125. The highest BCUT2D eigenvalue weighted by atomic mass is 32.2. The Hall–Kier alpha value is -0.780. The second-order valence-electron chi connectivity index (χ2n) is 10.9. The summed E-state index contributed by atoms with van der Waals surface area (Å²) in [6.45, 7) is 10.2. The van der Waals surface area contributed by atoms with Gasteiger partial charge in [-0.25, -0.2) is 0 Å². The maximum atomic E-state index is 12.3. The van der Waals surface area contributed by atoms with Crippen LogP contribution in [0.2, 0.25) is 0 Å². The lowest BCUT2D eigenvalue weighted by atomic mass is 9.88. The van der Waals surface area contributed by atoms with E-state index in [4.69, 9.17) is 0 Å². The molecular weight excluding hydrogens is 406 g/mol. The fourth-order valence-corrected chi connectivity index (χ4v) is 5.70. The Morgan fingerprint density at radius 2 is 2.03 bits per heavy atom. The van der Waals surface area contributed by atoms with Gasteiger partial charge in [-0.3, -0.25) is 4.79 Å². The highest BCUT2D eigenvalue weighted by Crippen LogP contribution is 2.47. The van der Waals surface area contributed by atoms with Gasteiger partial charge in [-0.1, -0.05) is 43.6 Å². The molecule has 0 heterocycles. The van der Waals surface area contributed by atoms with Crippen molar-refractivity contribution in [2.24, 2.45) is 17.8 Å². The Morgan fingerprint density at radius 1 is 1.32 bits per heavy atom. The summed E-state index contributed by atoms with van der Waals surface area (Å²) in [6.07, 6.45) is 12.5. The van der Waals surface area contributed by atoms with Crippen molar-refractivity contribution in [1.82, 2.24) is 4.90 Å². The molecule has 5 atom stereocenters. The summed E-state index contributed by atoms with van der Waals surface area (Å²) in [6, 6.07) is 0. The molecule has 1 amide bonds. The highest BCUT2D eigenvalue weighted by Gasteiger charge is 2.43. The van der Waals surface area contributed by atoms with Gasteiger partial charge in [0.2, 0.25) is 5.91 Å². The number of carbonyl (C=O) groups is 1. The number of hydrogen-bond acceptors (Lipinski definition) is 4. The van der Waals surface area contributed by atoms with E-state index in [2.05, 4.69) is 45.9 Å². The van der Waals surface area contributed by atoms with Crippen molar-refractivity contribution in [2.45, 2.75) is 96.8 Å². The van der Waals surface area contributed by atoms with Crippen LogP contribution in [-0.2, 0) is 4.79 Å². The van der Waals surface area contributed by atoms with Crippen molar-refractivity contribution < 1.29 is 15.0 Å². The largest absolute Gasteiger partial charge is 0.392 e. The summed E-state index contributed by atoms with van der Waals surface area (Å²) in [4.78, 5) is 14.1. The first-order chi connectivity index (χ1) is 14.4. The lowest BCUT2D eigenvalue weighted by molar-refractivity contribution is -0.133. The van der Waals surface area contributed by atoms with Gasteiger partial charge in [-0.15, -0.1) is 0 Å². The zero-order valence-electron chi connectivity index (χ0n) is 20.6. The topological polar surface area (TPSA) is 60.8 Å². The molecule has 4 nitrogen and oxygen atoms in total. The predicted molar refractivity (Wildman–Crippen MR) is 132 cm³/mol. The van der Waals surface area contributed by atoms with Gasteiger partial charge < -0.3 is 15.1 Å². The van der Waals surface area contributed by atoms with Crippen molar-refractivity contribution in [1.29, 1.82) is 0 Å². The van der Waals surface area contributed by atoms with E-state index in [0.29, 0.717) is 24.7 Å². The molecule has 2 N–H and O–H groups in total. The molecule has 0 aromatic carbocycles. The molecule has 2 aliphatic rings. The maximum absolute atomic E-state index is 12.3. The summed E-state index contributed by atoms with van der Waals surface area (Å²) in [5.41, 5.74) is 0.695. The highest BCUT2D eigenvalue weighted by molar-refractivity contribution is 7.99. The first-order valence-corrected chi connectivity index (χ1v) is 13.2. The molecular formula is C26H45NO3S. The summed E-state index contributed by atoms with van der Waals surface area (Å²) in [5.74, 6) is 3.18. The van der Waals surface area contributed by atoms with Gasteiger partial charge in [-0.05, 0) is 65.2 Å². The van der Waals surface area contributed by atoms with E-state index < -0.39 is 5.60 Å². The summed E-state index contributed by atoms with van der Waals surface area (Å²) in [7, 11) is 1.88. The van der Waals surface area contributed by atoms with E-state index in [-0.39, 0.29) is 23.5 Å². The standard InChI is InChI=1S/C26H45NO3S/c1-7-8-12-26(5,30)13-9-10-21-22-16-19(15-20(22)17-23(21)28)18-31-14-11-24(29)27(6)25(2,3)4/h9-10,15,20-23,28,30H,7-8,11-14,16-18H2,1-6H3/b10-9+/t20-,21+,22-,23+,26-/m0/s1. The van der Waals surface area contributed by atoms with Crippen molar-refractivity contribution in [2.75, 3.05) is 18.6 Å². The van der Waals surface area contributed by atoms with Gasteiger partial charge >= 0.3 is 0 Å². The summed E-state index contributed by atoms with van der Waals surface area (Å²) in [5, 5.41) is 21.1. The molecule has 1 saturated carbocycles. The monoisotopic (exact) mass is 451 g/mol. The van der Waals surface area contributed by atoms with Crippen LogP contribution in [0, 0.1) is 17.8 Å². The van der Waals surface area contributed by atoms with Gasteiger partial charge in [0.15, 0.2) is 0 Å². The molecule has 0 aromatic rings. The van der Waals surface area contributed by atoms with Gasteiger partial charge in [0.25, 0.3) is 0 Å².